The zero-order valence-electron chi connectivity index (χ0n) is 9.91. The van der Waals surface area contributed by atoms with E-state index < -0.39 is 0 Å². The Morgan fingerprint density at radius 3 is 2.27 bits per heavy atom. The molecule has 0 nitrogen and oxygen atoms in total. The maximum absolute atomic E-state index is 2.28. The van der Waals surface area contributed by atoms with E-state index in [4.69, 9.17) is 0 Å². The van der Waals surface area contributed by atoms with E-state index in [1.807, 2.05) is 0 Å². The standard InChI is InChI=1S/C8H17.C6H5.Al/c1-3-5-7-8-6-4-2;1-2-4-6-5-3-1;/h1,3-8H2,2H3;1-5H;. The number of unbranched alkanes of at least 4 members (excludes halogenated alkanes) is 5. The summed E-state index contributed by atoms with van der Waals surface area (Å²) in [4.78, 5) is 0. The first kappa shape index (κ1) is 12.8. The van der Waals surface area contributed by atoms with Gasteiger partial charge in [0.1, 0.15) is 0 Å². The van der Waals surface area contributed by atoms with Crippen molar-refractivity contribution >= 4 is 19.6 Å². The van der Waals surface area contributed by atoms with Crippen LogP contribution in [-0.2, 0) is 0 Å². The first-order valence-corrected chi connectivity index (χ1v) is 7.71. The summed E-state index contributed by atoms with van der Waals surface area (Å²) in [6, 6.07) is 11.0. The van der Waals surface area contributed by atoms with Crippen LogP contribution in [0.2, 0.25) is 5.28 Å². The van der Waals surface area contributed by atoms with Crippen LogP contribution in [0.25, 0.3) is 0 Å². The molecule has 0 amide bonds. The Labute approximate surface area is 101 Å². The Morgan fingerprint density at radius 2 is 1.53 bits per heavy atom. The van der Waals surface area contributed by atoms with Crippen molar-refractivity contribution in [2.75, 3.05) is 0 Å². The second kappa shape index (κ2) is 9.01. The summed E-state index contributed by atoms with van der Waals surface area (Å²) in [5, 5.41) is 1.44. The predicted molar refractivity (Wildman–Crippen MR) is 70.0 cm³/mol. The maximum Gasteiger partial charge on any atom is 0.250 e. The molecule has 0 aliphatic rings. The second-order valence-corrected chi connectivity index (χ2v) is 5.82. The molecule has 15 heavy (non-hydrogen) atoms. The lowest BCUT2D eigenvalue weighted by molar-refractivity contribution is 0.624. The van der Waals surface area contributed by atoms with Crippen LogP contribution in [0.5, 0.6) is 0 Å². The largest absolute Gasteiger partial charge is 0.250 e. The molecule has 0 N–H and O–H groups in total. The van der Waals surface area contributed by atoms with Gasteiger partial charge in [0.25, 0.3) is 0 Å². The molecule has 1 rings (SSSR count). The smallest absolute Gasteiger partial charge is 0.124 e. The van der Waals surface area contributed by atoms with Crippen molar-refractivity contribution in [3.63, 3.8) is 0 Å². The molecule has 1 heteroatoms. The van der Waals surface area contributed by atoms with E-state index in [-0.39, 0.29) is 0 Å². The topological polar surface area (TPSA) is 0 Å². The van der Waals surface area contributed by atoms with Crippen LogP contribution in [0.15, 0.2) is 30.3 Å². The zero-order chi connectivity index (χ0) is 10.8. The summed E-state index contributed by atoms with van der Waals surface area (Å²) in [6.07, 6.45) is 8.55. The van der Waals surface area contributed by atoms with Gasteiger partial charge in [-0.2, -0.15) is 0 Å². The highest BCUT2D eigenvalue weighted by molar-refractivity contribution is 6.53. The molecule has 81 valence electrons. The Bertz CT molecular complexity index is 230. The van der Waals surface area contributed by atoms with Crippen molar-refractivity contribution in [3.05, 3.63) is 30.3 Å². The normalized spacial score (nSPS) is 10.2. The van der Waals surface area contributed by atoms with Gasteiger partial charge in [-0.3, -0.25) is 0 Å². The Kier molecular flexibility index (Phi) is 7.70. The molecule has 0 unspecified atom stereocenters. The van der Waals surface area contributed by atoms with Crippen LogP contribution in [0.3, 0.4) is 0 Å². The minimum absolute atomic E-state index is 0.533. The average molecular weight is 217 g/mol. The van der Waals surface area contributed by atoms with Gasteiger partial charge in [0.2, 0.25) is 15.2 Å². The first-order chi connectivity index (χ1) is 7.43. The van der Waals surface area contributed by atoms with Crippen LogP contribution in [0, 0.1) is 0 Å². The fourth-order valence-corrected chi connectivity index (χ4v) is 3.10. The third kappa shape index (κ3) is 6.77. The molecule has 0 aliphatic heterocycles. The van der Waals surface area contributed by atoms with Crippen molar-refractivity contribution in [2.24, 2.45) is 0 Å². The summed E-state index contributed by atoms with van der Waals surface area (Å²) >= 11 is 0.533. The predicted octanol–water partition coefficient (Wildman–Crippen LogP) is 3.79. The highest BCUT2D eigenvalue weighted by Gasteiger charge is 1.95. The third-order valence-corrected chi connectivity index (χ3v) is 4.29. The molecule has 0 spiro atoms. The molecule has 0 atom stereocenters. The third-order valence-electron chi connectivity index (χ3n) is 2.74. The van der Waals surface area contributed by atoms with Crippen LogP contribution in [-0.4, -0.2) is 15.2 Å². The number of hydrogen-bond donors (Lipinski definition) is 0. The van der Waals surface area contributed by atoms with Crippen molar-refractivity contribution in [2.45, 2.75) is 50.7 Å². The quantitative estimate of drug-likeness (QED) is 0.459. The van der Waals surface area contributed by atoms with Gasteiger partial charge >= 0.3 is 0 Å². The van der Waals surface area contributed by atoms with Crippen molar-refractivity contribution in [1.29, 1.82) is 0 Å². The summed E-state index contributed by atoms with van der Waals surface area (Å²) in [5.74, 6) is 0. The van der Waals surface area contributed by atoms with Gasteiger partial charge in [0, 0.05) is 0 Å². The van der Waals surface area contributed by atoms with Gasteiger partial charge in [-0.05, 0) is 0 Å². The number of benzene rings is 1. The molecular formula is C14H22Al. The average Bonchev–Trinajstić information content (AvgIpc) is 2.29. The molecular weight excluding hydrogens is 195 g/mol. The van der Waals surface area contributed by atoms with Crippen molar-refractivity contribution < 1.29 is 0 Å². The molecule has 0 fully saturated rings. The van der Waals surface area contributed by atoms with E-state index in [1.54, 1.807) is 4.43 Å². The number of rotatable bonds is 8. The SMILES string of the molecule is CCCCCCC[CH2][Al][c]1ccccc1. The minimum Gasteiger partial charge on any atom is -0.124 e. The minimum atomic E-state index is 0.533. The Hall–Kier alpha value is -0.248. The fraction of sp³-hybridized carbons (Fsp3) is 0.571. The van der Waals surface area contributed by atoms with Gasteiger partial charge in [-0.15, -0.1) is 4.43 Å². The highest BCUT2D eigenvalue weighted by atomic mass is 27.1. The molecule has 1 aromatic carbocycles. The summed E-state index contributed by atoms with van der Waals surface area (Å²) in [7, 11) is 0. The lowest BCUT2D eigenvalue weighted by Gasteiger charge is -2.00. The zero-order valence-corrected chi connectivity index (χ0v) is 11.1. The van der Waals surface area contributed by atoms with E-state index in [0.29, 0.717) is 15.2 Å². The Balaban J connectivity index is 1.93. The van der Waals surface area contributed by atoms with Gasteiger partial charge in [-0.25, -0.2) is 0 Å². The number of hydrogen-bond acceptors (Lipinski definition) is 0. The summed E-state index contributed by atoms with van der Waals surface area (Å²) in [5.41, 5.74) is 0. The lowest BCUT2D eigenvalue weighted by Crippen LogP contribution is -2.12. The van der Waals surface area contributed by atoms with Crippen molar-refractivity contribution in [3.8, 4) is 0 Å². The van der Waals surface area contributed by atoms with Gasteiger partial charge in [0.05, 0.1) is 0 Å². The van der Waals surface area contributed by atoms with E-state index in [1.165, 1.54) is 43.8 Å². The first-order valence-electron chi connectivity index (χ1n) is 6.31. The van der Waals surface area contributed by atoms with Gasteiger partial charge in [0.15, 0.2) is 0 Å². The van der Waals surface area contributed by atoms with E-state index in [0.717, 1.165) is 0 Å². The Morgan fingerprint density at radius 1 is 0.867 bits per heavy atom. The molecule has 0 saturated carbocycles. The molecule has 1 radical (unpaired) electrons. The van der Waals surface area contributed by atoms with Gasteiger partial charge < -0.3 is 0 Å². The highest BCUT2D eigenvalue weighted by Crippen LogP contribution is 2.06. The van der Waals surface area contributed by atoms with Crippen LogP contribution >= 0.6 is 0 Å². The molecule has 0 aromatic heterocycles. The fourth-order valence-electron chi connectivity index (χ4n) is 1.78. The molecule has 0 heterocycles. The maximum atomic E-state index is 2.28. The molecule has 0 aliphatic carbocycles. The monoisotopic (exact) mass is 217 g/mol. The molecule has 0 bridgehead atoms. The van der Waals surface area contributed by atoms with Crippen LogP contribution < -0.4 is 4.43 Å². The summed E-state index contributed by atoms with van der Waals surface area (Å²) < 4.78 is 1.58. The lowest BCUT2D eigenvalue weighted by atomic mass is 10.1. The van der Waals surface area contributed by atoms with E-state index in [2.05, 4.69) is 37.3 Å². The van der Waals surface area contributed by atoms with Crippen LogP contribution in [0.1, 0.15) is 45.4 Å². The van der Waals surface area contributed by atoms with E-state index >= 15 is 0 Å². The van der Waals surface area contributed by atoms with E-state index in [9.17, 15) is 0 Å². The molecule has 0 saturated heterocycles. The molecule has 1 aromatic rings. The van der Waals surface area contributed by atoms with Crippen molar-refractivity contribution in [1.82, 2.24) is 0 Å². The van der Waals surface area contributed by atoms with Crippen LogP contribution in [0.4, 0.5) is 0 Å². The summed E-state index contributed by atoms with van der Waals surface area (Å²) in [6.45, 7) is 2.28. The van der Waals surface area contributed by atoms with Gasteiger partial charge in [-0.1, -0.05) is 81.1 Å². The second-order valence-electron chi connectivity index (χ2n) is 4.17.